The molecule has 0 aliphatic rings. The van der Waals surface area contributed by atoms with Gasteiger partial charge in [0.05, 0.1) is 11.6 Å². The van der Waals surface area contributed by atoms with E-state index in [0.29, 0.717) is 21.8 Å². The molecular formula is C16H12ClFN2O. The fraction of sp³-hybridized carbons (Fsp3) is 0.0625. The Kier molecular flexibility index (Phi) is 4.94. The summed E-state index contributed by atoms with van der Waals surface area (Å²) in [7, 11) is 0. The molecule has 0 saturated heterocycles. The average Bonchev–Trinajstić information content (AvgIpc) is 2.48. The van der Waals surface area contributed by atoms with E-state index in [0.717, 1.165) is 0 Å². The maximum atomic E-state index is 12.8. The number of benzene rings is 2. The van der Waals surface area contributed by atoms with Gasteiger partial charge in [-0.3, -0.25) is 4.79 Å². The molecule has 0 heterocycles. The fourth-order valence-corrected chi connectivity index (χ4v) is 1.81. The first kappa shape index (κ1) is 15.0. The molecular weight excluding hydrogens is 291 g/mol. The molecule has 0 fully saturated rings. The minimum atomic E-state index is -0.391. The Bertz CT molecular complexity index is 717. The highest BCUT2D eigenvalue weighted by Crippen LogP contribution is 2.20. The standard InChI is InChI=1S/C16H12ClFN2O/c17-15-8-7-14(10-12(15)2-1-9-19)20-16(21)11-3-5-13(18)6-4-11/h3-8,10H,9,19H2,(H,20,21). The first-order chi connectivity index (χ1) is 10.1. The minimum Gasteiger partial charge on any atom is -0.322 e. The van der Waals surface area contributed by atoms with E-state index < -0.39 is 5.82 Å². The third-order valence-corrected chi connectivity index (χ3v) is 2.99. The number of nitrogens with one attached hydrogen (secondary N) is 1. The lowest BCUT2D eigenvalue weighted by Crippen LogP contribution is -2.11. The Morgan fingerprint density at radius 2 is 1.95 bits per heavy atom. The maximum Gasteiger partial charge on any atom is 0.255 e. The molecule has 2 rings (SSSR count). The van der Waals surface area contributed by atoms with Crippen LogP contribution in [0.3, 0.4) is 0 Å². The summed E-state index contributed by atoms with van der Waals surface area (Å²) in [5, 5.41) is 3.18. The highest BCUT2D eigenvalue weighted by Gasteiger charge is 2.07. The third kappa shape index (κ3) is 4.06. The van der Waals surface area contributed by atoms with Crippen molar-refractivity contribution >= 4 is 23.2 Å². The van der Waals surface area contributed by atoms with Crippen LogP contribution in [0.5, 0.6) is 0 Å². The molecule has 0 saturated carbocycles. The van der Waals surface area contributed by atoms with Crippen LogP contribution in [0.4, 0.5) is 10.1 Å². The van der Waals surface area contributed by atoms with Crippen LogP contribution in [0.1, 0.15) is 15.9 Å². The van der Waals surface area contributed by atoms with Crippen LogP contribution in [0, 0.1) is 17.7 Å². The van der Waals surface area contributed by atoms with E-state index in [1.54, 1.807) is 18.2 Å². The Labute approximate surface area is 126 Å². The number of hydrogen-bond donors (Lipinski definition) is 2. The topological polar surface area (TPSA) is 55.1 Å². The van der Waals surface area contributed by atoms with Crippen molar-refractivity contribution in [2.24, 2.45) is 5.73 Å². The van der Waals surface area contributed by atoms with Gasteiger partial charge in [0.15, 0.2) is 0 Å². The van der Waals surface area contributed by atoms with E-state index >= 15 is 0 Å². The largest absolute Gasteiger partial charge is 0.322 e. The molecule has 0 unspecified atom stereocenters. The van der Waals surface area contributed by atoms with Crippen LogP contribution in [-0.4, -0.2) is 12.5 Å². The number of hydrogen-bond acceptors (Lipinski definition) is 2. The highest BCUT2D eigenvalue weighted by atomic mass is 35.5. The SMILES string of the molecule is NCC#Cc1cc(NC(=O)c2ccc(F)cc2)ccc1Cl. The second-order valence-electron chi connectivity index (χ2n) is 4.16. The lowest BCUT2D eigenvalue weighted by molar-refractivity contribution is 0.102. The molecule has 21 heavy (non-hydrogen) atoms. The molecule has 1 amide bonds. The van der Waals surface area contributed by atoms with Crippen molar-refractivity contribution in [1.82, 2.24) is 0 Å². The number of amides is 1. The molecule has 106 valence electrons. The van der Waals surface area contributed by atoms with E-state index in [9.17, 15) is 9.18 Å². The Balaban J connectivity index is 2.19. The molecule has 0 atom stereocenters. The number of rotatable bonds is 2. The average molecular weight is 303 g/mol. The van der Waals surface area contributed by atoms with Crippen molar-refractivity contribution in [2.45, 2.75) is 0 Å². The predicted octanol–water partition coefficient (Wildman–Crippen LogP) is 3.04. The zero-order valence-electron chi connectivity index (χ0n) is 11.0. The normalized spacial score (nSPS) is 9.67. The lowest BCUT2D eigenvalue weighted by atomic mass is 10.1. The van der Waals surface area contributed by atoms with E-state index in [2.05, 4.69) is 17.2 Å². The third-order valence-electron chi connectivity index (χ3n) is 2.66. The summed E-state index contributed by atoms with van der Waals surface area (Å²) >= 11 is 6.01. The Morgan fingerprint density at radius 1 is 1.24 bits per heavy atom. The summed E-state index contributed by atoms with van der Waals surface area (Å²) in [6.45, 7) is 0.225. The van der Waals surface area contributed by atoms with E-state index in [4.69, 9.17) is 17.3 Å². The Morgan fingerprint density at radius 3 is 2.62 bits per heavy atom. The molecule has 2 aromatic carbocycles. The van der Waals surface area contributed by atoms with Crippen LogP contribution >= 0.6 is 11.6 Å². The zero-order chi connectivity index (χ0) is 15.2. The molecule has 0 aliphatic carbocycles. The van der Waals surface area contributed by atoms with E-state index in [1.165, 1.54) is 24.3 Å². The summed E-state index contributed by atoms with van der Waals surface area (Å²) in [5.41, 5.74) is 6.81. The van der Waals surface area contributed by atoms with Gasteiger partial charge in [0.2, 0.25) is 0 Å². The minimum absolute atomic E-state index is 0.225. The molecule has 0 aromatic heterocycles. The smallest absolute Gasteiger partial charge is 0.255 e. The molecule has 3 N–H and O–H groups in total. The van der Waals surface area contributed by atoms with Crippen molar-refractivity contribution in [3.05, 3.63) is 64.4 Å². The van der Waals surface area contributed by atoms with Gasteiger partial charge in [-0.15, -0.1) is 0 Å². The molecule has 0 radical (unpaired) electrons. The van der Waals surface area contributed by atoms with Gasteiger partial charge in [-0.2, -0.15) is 0 Å². The van der Waals surface area contributed by atoms with Crippen LogP contribution in [0.25, 0.3) is 0 Å². The van der Waals surface area contributed by atoms with Gasteiger partial charge in [-0.1, -0.05) is 23.4 Å². The van der Waals surface area contributed by atoms with Gasteiger partial charge in [-0.25, -0.2) is 4.39 Å². The van der Waals surface area contributed by atoms with Crippen molar-refractivity contribution < 1.29 is 9.18 Å². The molecule has 2 aromatic rings. The number of nitrogens with two attached hydrogens (primary N) is 1. The zero-order valence-corrected chi connectivity index (χ0v) is 11.7. The van der Waals surface area contributed by atoms with Crippen molar-refractivity contribution in [2.75, 3.05) is 11.9 Å². The van der Waals surface area contributed by atoms with Crippen molar-refractivity contribution in [3.8, 4) is 11.8 Å². The van der Waals surface area contributed by atoms with Crippen LogP contribution < -0.4 is 11.1 Å². The van der Waals surface area contributed by atoms with Crippen molar-refractivity contribution in [3.63, 3.8) is 0 Å². The predicted molar refractivity (Wildman–Crippen MR) is 81.7 cm³/mol. The summed E-state index contributed by atoms with van der Waals surface area (Å²) in [5.74, 6) is 4.80. The number of halogens is 2. The van der Waals surface area contributed by atoms with Gasteiger partial charge in [0.1, 0.15) is 5.82 Å². The van der Waals surface area contributed by atoms with Gasteiger partial charge in [0, 0.05) is 16.8 Å². The molecule has 3 nitrogen and oxygen atoms in total. The van der Waals surface area contributed by atoms with Crippen LogP contribution in [-0.2, 0) is 0 Å². The first-order valence-corrected chi connectivity index (χ1v) is 6.53. The lowest BCUT2D eigenvalue weighted by Gasteiger charge is -2.06. The Hall–Kier alpha value is -2.35. The molecule has 0 aliphatic heterocycles. The maximum absolute atomic E-state index is 12.8. The molecule has 5 heteroatoms. The van der Waals surface area contributed by atoms with Gasteiger partial charge in [-0.05, 0) is 42.5 Å². The van der Waals surface area contributed by atoms with Crippen LogP contribution in [0.2, 0.25) is 5.02 Å². The van der Waals surface area contributed by atoms with Crippen molar-refractivity contribution in [1.29, 1.82) is 0 Å². The summed E-state index contributed by atoms with van der Waals surface area (Å²) in [6, 6.07) is 10.3. The number of carbonyl (C=O) groups excluding carboxylic acids is 1. The van der Waals surface area contributed by atoms with E-state index in [1.807, 2.05) is 0 Å². The fourth-order valence-electron chi connectivity index (χ4n) is 1.65. The van der Waals surface area contributed by atoms with Gasteiger partial charge < -0.3 is 11.1 Å². The summed E-state index contributed by atoms with van der Waals surface area (Å²) < 4.78 is 12.8. The van der Waals surface area contributed by atoms with Gasteiger partial charge in [0.25, 0.3) is 5.91 Å². The monoisotopic (exact) mass is 302 g/mol. The number of anilines is 1. The first-order valence-electron chi connectivity index (χ1n) is 6.15. The molecule has 0 bridgehead atoms. The van der Waals surface area contributed by atoms with Gasteiger partial charge >= 0.3 is 0 Å². The quantitative estimate of drug-likeness (QED) is 0.838. The second-order valence-corrected chi connectivity index (χ2v) is 4.57. The second kappa shape index (κ2) is 6.89. The highest BCUT2D eigenvalue weighted by molar-refractivity contribution is 6.31. The molecule has 0 spiro atoms. The summed E-state index contributed by atoms with van der Waals surface area (Å²) in [4.78, 5) is 12.0. The number of carbonyl (C=O) groups is 1. The van der Waals surface area contributed by atoms with E-state index in [-0.39, 0.29) is 12.5 Å². The van der Waals surface area contributed by atoms with Crippen LogP contribution in [0.15, 0.2) is 42.5 Å². The summed E-state index contributed by atoms with van der Waals surface area (Å²) in [6.07, 6.45) is 0.